The van der Waals surface area contributed by atoms with Gasteiger partial charge in [0.2, 0.25) is 0 Å². The number of para-hydroxylation sites is 1. The van der Waals surface area contributed by atoms with Crippen LogP contribution in [0.3, 0.4) is 0 Å². The average molecular weight is 366 g/mol. The first-order chi connectivity index (χ1) is 12.6. The van der Waals surface area contributed by atoms with Crippen LogP contribution in [-0.2, 0) is 4.79 Å². The number of hydrogen-bond acceptors (Lipinski definition) is 4. The van der Waals surface area contributed by atoms with Gasteiger partial charge in [-0.3, -0.25) is 4.79 Å². The number of hydrogen-bond donors (Lipinski definition) is 0. The van der Waals surface area contributed by atoms with Crippen LogP contribution in [0.2, 0.25) is 0 Å². The van der Waals surface area contributed by atoms with Crippen molar-refractivity contribution in [1.29, 1.82) is 0 Å². The van der Waals surface area contributed by atoms with E-state index in [9.17, 15) is 4.79 Å². The molecule has 2 heterocycles. The molecule has 0 spiro atoms. The van der Waals surface area contributed by atoms with Crippen molar-refractivity contribution < 1.29 is 9.53 Å². The van der Waals surface area contributed by atoms with Crippen molar-refractivity contribution in [3.8, 4) is 5.75 Å². The fraction of sp³-hybridized carbons (Fsp3) is 0.333. The number of amides is 1. The van der Waals surface area contributed by atoms with E-state index >= 15 is 0 Å². The van der Waals surface area contributed by atoms with E-state index in [0.29, 0.717) is 0 Å². The van der Waals surface area contributed by atoms with E-state index in [1.54, 1.807) is 11.3 Å². The Balaban J connectivity index is 1.51. The molecule has 2 unspecified atom stereocenters. The number of benzene rings is 2. The molecule has 1 fully saturated rings. The summed E-state index contributed by atoms with van der Waals surface area (Å²) in [7, 11) is 0. The second-order valence-electron chi connectivity index (χ2n) is 6.78. The van der Waals surface area contributed by atoms with Crippen LogP contribution in [0.15, 0.2) is 48.5 Å². The molecule has 1 amide bonds. The number of thiazole rings is 1. The van der Waals surface area contributed by atoms with Crippen molar-refractivity contribution >= 4 is 27.5 Å². The molecular weight excluding hydrogens is 344 g/mol. The fourth-order valence-electron chi connectivity index (χ4n) is 3.42. The highest BCUT2D eigenvalue weighted by atomic mass is 32.1. The van der Waals surface area contributed by atoms with Crippen LogP contribution in [0.5, 0.6) is 5.75 Å². The Hall–Kier alpha value is -2.40. The third kappa shape index (κ3) is 3.31. The molecule has 2 atom stereocenters. The molecular formula is C21H22N2O2S. The summed E-state index contributed by atoms with van der Waals surface area (Å²) in [5, 5.41) is 1.03. The molecule has 134 valence electrons. The molecule has 4 rings (SSSR count). The maximum Gasteiger partial charge on any atom is 0.263 e. The van der Waals surface area contributed by atoms with Gasteiger partial charge in [-0.25, -0.2) is 4.98 Å². The van der Waals surface area contributed by atoms with Crippen molar-refractivity contribution in [2.75, 3.05) is 6.54 Å². The van der Waals surface area contributed by atoms with Crippen molar-refractivity contribution in [2.24, 2.45) is 0 Å². The van der Waals surface area contributed by atoms with E-state index in [1.807, 2.05) is 61.2 Å². The van der Waals surface area contributed by atoms with Crippen LogP contribution in [-0.4, -0.2) is 28.4 Å². The quantitative estimate of drug-likeness (QED) is 0.670. The van der Waals surface area contributed by atoms with Crippen molar-refractivity contribution in [3.05, 3.63) is 59.1 Å². The van der Waals surface area contributed by atoms with Crippen molar-refractivity contribution in [2.45, 2.75) is 38.8 Å². The number of carbonyl (C=O) groups is 1. The summed E-state index contributed by atoms with van der Waals surface area (Å²) in [4.78, 5) is 19.7. The smallest absolute Gasteiger partial charge is 0.263 e. The van der Waals surface area contributed by atoms with Gasteiger partial charge in [0.05, 0.1) is 16.3 Å². The van der Waals surface area contributed by atoms with Crippen LogP contribution in [0.1, 0.15) is 36.4 Å². The molecule has 26 heavy (non-hydrogen) atoms. The highest BCUT2D eigenvalue weighted by Gasteiger charge is 2.35. The Morgan fingerprint density at radius 2 is 2.00 bits per heavy atom. The van der Waals surface area contributed by atoms with E-state index in [0.717, 1.165) is 35.7 Å². The van der Waals surface area contributed by atoms with Gasteiger partial charge in [-0.1, -0.05) is 29.8 Å². The molecule has 0 bridgehead atoms. The van der Waals surface area contributed by atoms with Gasteiger partial charge in [-0.05, 0) is 51.0 Å². The zero-order chi connectivity index (χ0) is 18.1. The summed E-state index contributed by atoms with van der Waals surface area (Å²) < 4.78 is 7.05. The highest BCUT2D eigenvalue weighted by Crippen LogP contribution is 2.36. The molecule has 2 aromatic carbocycles. The summed E-state index contributed by atoms with van der Waals surface area (Å²) in [6.07, 6.45) is 1.46. The molecule has 0 radical (unpaired) electrons. The van der Waals surface area contributed by atoms with E-state index in [-0.39, 0.29) is 11.9 Å². The molecule has 0 aliphatic carbocycles. The second-order valence-corrected chi connectivity index (χ2v) is 7.84. The Labute approximate surface area is 157 Å². The first kappa shape index (κ1) is 17.0. The molecule has 0 N–H and O–H groups in total. The lowest BCUT2D eigenvalue weighted by molar-refractivity contribution is -0.138. The number of aryl methyl sites for hydroxylation is 1. The molecule has 5 heteroatoms. The number of ether oxygens (including phenoxy) is 1. The molecule has 4 nitrogen and oxygen atoms in total. The maximum absolute atomic E-state index is 13.0. The van der Waals surface area contributed by atoms with Crippen LogP contribution < -0.4 is 4.74 Å². The van der Waals surface area contributed by atoms with Crippen LogP contribution >= 0.6 is 11.3 Å². The van der Waals surface area contributed by atoms with Crippen molar-refractivity contribution in [1.82, 2.24) is 9.88 Å². The normalized spacial score (nSPS) is 18.2. The molecule has 3 aromatic rings. The third-order valence-electron chi connectivity index (χ3n) is 4.81. The van der Waals surface area contributed by atoms with Gasteiger partial charge in [0.15, 0.2) is 6.10 Å². The number of nitrogens with zero attached hydrogens (tertiary/aromatic N) is 2. The van der Waals surface area contributed by atoms with Gasteiger partial charge in [0.25, 0.3) is 5.91 Å². The summed E-state index contributed by atoms with van der Waals surface area (Å²) in [5.41, 5.74) is 2.18. The Morgan fingerprint density at radius 3 is 2.77 bits per heavy atom. The van der Waals surface area contributed by atoms with E-state index in [2.05, 4.69) is 6.07 Å². The first-order valence-corrected chi connectivity index (χ1v) is 9.83. The fourth-order valence-corrected chi connectivity index (χ4v) is 4.54. The minimum absolute atomic E-state index is 0.0346. The standard InChI is InChI=1S/C21H22N2O2S/c1-14-9-11-16(12-10-14)25-15(2)21(24)23-13-5-7-18(23)20-22-17-6-3-4-8-19(17)26-20/h3-4,6,8-12,15,18H,5,7,13H2,1-2H3. The number of aromatic nitrogens is 1. The predicted molar refractivity (Wildman–Crippen MR) is 105 cm³/mol. The van der Waals surface area contributed by atoms with Crippen LogP contribution in [0.25, 0.3) is 10.2 Å². The summed E-state index contributed by atoms with van der Waals surface area (Å²) in [5.74, 6) is 0.763. The van der Waals surface area contributed by atoms with Gasteiger partial charge >= 0.3 is 0 Å². The van der Waals surface area contributed by atoms with E-state index in [1.165, 1.54) is 10.3 Å². The highest BCUT2D eigenvalue weighted by molar-refractivity contribution is 7.18. The molecule has 1 saturated heterocycles. The number of rotatable bonds is 4. The lowest BCUT2D eigenvalue weighted by Crippen LogP contribution is -2.40. The SMILES string of the molecule is Cc1ccc(OC(C)C(=O)N2CCCC2c2nc3ccccc3s2)cc1. The summed E-state index contributed by atoms with van der Waals surface area (Å²) >= 11 is 1.69. The second kappa shape index (κ2) is 7.08. The minimum Gasteiger partial charge on any atom is -0.481 e. The summed E-state index contributed by atoms with van der Waals surface area (Å²) in [6, 6.07) is 16.0. The number of fused-ring (bicyclic) bond motifs is 1. The minimum atomic E-state index is -0.507. The monoisotopic (exact) mass is 366 g/mol. The first-order valence-electron chi connectivity index (χ1n) is 9.01. The van der Waals surface area contributed by atoms with E-state index in [4.69, 9.17) is 9.72 Å². The van der Waals surface area contributed by atoms with E-state index < -0.39 is 6.10 Å². The molecule has 1 aliphatic heterocycles. The average Bonchev–Trinajstić information content (AvgIpc) is 3.29. The maximum atomic E-state index is 13.0. The van der Waals surface area contributed by atoms with Crippen LogP contribution in [0, 0.1) is 6.92 Å². The van der Waals surface area contributed by atoms with Gasteiger partial charge < -0.3 is 9.64 Å². The Bertz CT molecular complexity index is 886. The Kier molecular flexibility index (Phi) is 4.64. The molecule has 0 saturated carbocycles. The third-order valence-corrected chi connectivity index (χ3v) is 5.95. The van der Waals surface area contributed by atoms with Gasteiger partial charge in [0, 0.05) is 6.54 Å². The van der Waals surface area contributed by atoms with Crippen molar-refractivity contribution in [3.63, 3.8) is 0 Å². The predicted octanol–water partition coefficient (Wildman–Crippen LogP) is 4.74. The summed E-state index contributed by atoms with van der Waals surface area (Å²) in [6.45, 7) is 4.63. The zero-order valence-corrected chi connectivity index (χ0v) is 15.8. The number of likely N-dealkylation sites (tertiary alicyclic amines) is 1. The van der Waals surface area contributed by atoms with Crippen LogP contribution in [0.4, 0.5) is 0 Å². The van der Waals surface area contributed by atoms with Gasteiger partial charge in [0.1, 0.15) is 10.8 Å². The van der Waals surface area contributed by atoms with Gasteiger partial charge in [-0.2, -0.15) is 0 Å². The lowest BCUT2D eigenvalue weighted by atomic mass is 10.2. The number of carbonyl (C=O) groups excluding carboxylic acids is 1. The largest absolute Gasteiger partial charge is 0.481 e. The molecule has 1 aromatic heterocycles. The van der Waals surface area contributed by atoms with Gasteiger partial charge in [-0.15, -0.1) is 11.3 Å². The molecule has 1 aliphatic rings. The topological polar surface area (TPSA) is 42.4 Å². The zero-order valence-electron chi connectivity index (χ0n) is 15.0. The lowest BCUT2D eigenvalue weighted by Gasteiger charge is -2.26. The Morgan fingerprint density at radius 1 is 1.23 bits per heavy atom.